The minimum atomic E-state index is -2.52. The Labute approximate surface area is 92.2 Å². The molecule has 4 heteroatoms. The maximum atomic E-state index is 12.5. The Hall–Kier alpha value is -1.29. The van der Waals surface area contributed by atoms with Gasteiger partial charge in [-0.2, -0.15) is 0 Å². The zero-order valence-corrected chi connectivity index (χ0v) is 8.87. The number of alkyl halides is 2. The smallest absolute Gasteiger partial charge is 0.263 e. The Morgan fingerprint density at radius 3 is 2.75 bits per heavy atom. The van der Waals surface area contributed by atoms with Gasteiger partial charge in [0, 0.05) is 12.0 Å². The van der Waals surface area contributed by atoms with E-state index in [4.69, 9.17) is 4.74 Å². The molecule has 0 amide bonds. The molecule has 0 aliphatic carbocycles. The summed E-state index contributed by atoms with van der Waals surface area (Å²) in [6, 6.07) is 4.35. The zero-order valence-electron chi connectivity index (χ0n) is 8.87. The highest BCUT2D eigenvalue weighted by molar-refractivity contribution is 5.86. The minimum absolute atomic E-state index is 0.0329. The maximum absolute atomic E-state index is 12.5. The maximum Gasteiger partial charge on any atom is 0.263 e. The molecule has 1 aromatic rings. The van der Waals surface area contributed by atoms with E-state index in [9.17, 15) is 13.6 Å². The van der Waals surface area contributed by atoms with E-state index >= 15 is 0 Å². The average Bonchev–Trinajstić information content (AvgIpc) is 2.65. The van der Waals surface area contributed by atoms with Gasteiger partial charge in [0.25, 0.3) is 6.43 Å². The Balaban J connectivity index is 2.38. The van der Waals surface area contributed by atoms with Crippen LogP contribution in [-0.4, -0.2) is 12.4 Å². The van der Waals surface area contributed by atoms with Gasteiger partial charge in [0.05, 0.1) is 6.61 Å². The molecule has 0 radical (unpaired) electrons. The van der Waals surface area contributed by atoms with E-state index in [0.29, 0.717) is 18.6 Å². The number of Topliss-reactive ketones (excluding diaryl/α,β-unsaturated/α-hetero) is 1. The third-order valence-electron chi connectivity index (χ3n) is 2.76. The molecule has 1 unspecified atom stereocenters. The van der Waals surface area contributed by atoms with Gasteiger partial charge in [-0.05, 0) is 24.1 Å². The molecule has 1 saturated heterocycles. The molecule has 2 nitrogen and oxygen atoms in total. The lowest BCUT2D eigenvalue weighted by molar-refractivity contribution is -0.122. The standard InChI is InChI=1S/C12H12F2O2/c1-7-2-3-8(12(13)14)6-9(7)11-10(15)4-5-16-11/h2-3,6,11-12H,4-5H2,1H3. The molecule has 0 spiro atoms. The monoisotopic (exact) mass is 226 g/mol. The number of hydrogen-bond donors (Lipinski definition) is 0. The van der Waals surface area contributed by atoms with Gasteiger partial charge in [-0.1, -0.05) is 12.1 Å². The summed E-state index contributed by atoms with van der Waals surface area (Å²) in [5, 5.41) is 0. The number of carbonyl (C=O) groups is 1. The van der Waals surface area contributed by atoms with Crippen LogP contribution >= 0.6 is 0 Å². The van der Waals surface area contributed by atoms with Crippen molar-refractivity contribution >= 4 is 5.78 Å². The van der Waals surface area contributed by atoms with Crippen molar-refractivity contribution in [3.63, 3.8) is 0 Å². The molecule has 1 fully saturated rings. The Morgan fingerprint density at radius 2 is 2.19 bits per heavy atom. The first-order chi connectivity index (χ1) is 7.59. The second-order valence-electron chi connectivity index (χ2n) is 3.88. The normalized spacial score (nSPS) is 20.8. The number of halogens is 2. The Morgan fingerprint density at radius 1 is 1.44 bits per heavy atom. The first-order valence-electron chi connectivity index (χ1n) is 5.12. The second kappa shape index (κ2) is 4.29. The molecule has 0 aromatic heterocycles. The van der Waals surface area contributed by atoms with E-state index in [0.717, 1.165) is 5.56 Å². The fourth-order valence-electron chi connectivity index (χ4n) is 1.84. The number of ether oxygens (including phenoxy) is 1. The van der Waals surface area contributed by atoms with E-state index < -0.39 is 12.5 Å². The molecular weight excluding hydrogens is 214 g/mol. The number of hydrogen-bond acceptors (Lipinski definition) is 2. The van der Waals surface area contributed by atoms with Gasteiger partial charge in [0.15, 0.2) is 5.78 Å². The molecule has 1 atom stereocenters. The summed E-state index contributed by atoms with van der Waals surface area (Å²) >= 11 is 0. The summed E-state index contributed by atoms with van der Waals surface area (Å²) in [6.45, 7) is 2.17. The molecule has 16 heavy (non-hydrogen) atoms. The molecule has 1 aromatic carbocycles. The largest absolute Gasteiger partial charge is 0.365 e. The second-order valence-corrected chi connectivity index (χ2v) is 3.88. The lowest BCUT2D eigenvalue weighted by atomic mass is 9.98. The van der Waals surface area contributed by atoms with E-state index in [1.54, 1.807) is 13.0 Å². The van der Waals surface area contributed by atoms with Crippen LogP contribution in [0.15, 0.2) is 18.2 Å². The van der Waals surface area contributed by atoms with Gasteiger partial charge in [-0.3, -0.25) is 4.79 Å². The fourth-order valence-corrected chi connectivity index (χ4v) is 1.84. The van der Waals surface area contributed by atoms with Crippen LogP contribution in [0.25, 0.3) is 0 Å². The van der Waals surface area contributed by atoms with Crippen LogP contribution in [0.4, 0.5) is 8.78 Å². The highest BCUT2D eigenvalue weighted by Crippen LogP contribution is 2.31. The minimum Gasteiger partial charge on any atom is -0.365 e. The van der Waals surface area contributed by atoms with Crippen molar-refractivity contribution in [2.45, 2.75) is 25.9 Å². The van der Waals surface area contributed by atoms with Crippen molar-refractivity contribution in [3.05, 3.63) is 34.9 Å². The van der Waals surface area contributed by atoms with Gasteiger partial charge in [0.2, 0.25) is 0 Å². The SMILES string of the molecule is Cc1ccc(C(F)F)cc1C1OCCC1=O. The van der Waals surface area contributed by atoms with Crippen LogP contribution in [0.1, 0.15) is 35.6 Å². The number of aryl methyl sites for hydroxylation is 1. The highest BCUT2D eigenvalue weighted by Gasteiger charge is 2.28. The van der Waals surface area contributed by atoms with Gasteiger partial charge >= 0.3 is 0 Å². The van der Waals surface area contributed by atoms with Crippen molar-refractivity contribution in [3.8, 4) is 0 Å². The third kappa shape index (κ3) is 1.97. The zero-order chi connectivity index (χ0) is 11.7. The summed E-state index contributed by atoms with van der Waals surface area (Å²) in [5.41, 5.74) is 1.31. The highest BCUT2D eigenvalue weighted by atomic mass is 19.3. The third-order valence-corrected chi connectivity index (χ3v) is 2.76. The molecule has 1 aliphatic heterocycles. The molecule has 0 bridgehead atoms. The van der Waals surface area contributed by atoms with Crippen LogP contribution in [0, 0.1) is 6.92 Å². The van der Waals surface area contributed by atoms with Gasteiger partial charge in [-0.15, -0.1) is 0 Å². The molecular formula is C12H12F2O2. The summed E-state index contributed by atoms with van der Waals surface area (Å²) in [4.78, 5) is 11.5. The number of carbonyl (C=O) groups excluding carboxylic acids is 1. The summed E-state index contributed by atoms with van der Waals surface area (Å²) in [7, 11) is 0. The summed E-state index contributed by atoms with van der Waals surface area (Å²) < 4.78 is 30.3. The first-order valence-corrected chi connectivity index (χ1v) is 5.12. The van der Waals surface area contributed by atoms with Crippen molar-refractivity contribution < 1.29 is 18.3 Å². The van der Waals surface area contributed by atoms with Crippen molar-refractivity contribution in [2.75, 3.05) is 6.61 Å². The summed E-state index contributed by atoms with van der Waals surface area (Å²) in [5.74, 6) is -0.0329. The Bertz CT molecular complexity index is 415. The summed E-state index contributed by atoms with van der Waals surface area (Å²) in [6.07, 6.45) is -2.81. The molecule has 1 aliphatic rings. The van der Waals surface area contributed by atoms with Gasteiger partial charge in [0.1, 0.15) is 6.10 Å². The van der Waals surface area contributed by atoms with Gasteiger partial charge in [-0.25, -0.2) is 8.78 Å². The predicted octanol–water partition coefficient (Wildman–Crippen LogP) is 2.96. The van der Waals surface area contributed by atoms with E-state index in [1.807, 2.05) is 0 Å². The topological polar surface area (TPSA) is 26.3 Å². The van der Waals surface area contributed by atoms with Crippen molar-refractivity contribution in [2.24, 2.45) is 0 Å². The van der Waals surface area contributed by atoms with Crippen LogP contribution in [0.5, 0.6) is 0 Å². The van der Waals surface area contributed by atoms with Crippen LogP contribution < -0.4 is 0 Å². The lowest BCUT2D eigenvalue weighted by Crippen LogP contribution is -2.08. The predicted molar refractivity (Wildman–Crippen MR) is 54.5 cm³/mol. The van der Waals surface area contributed by atoms with E-state index in [2.05, 4.69) is 0 Å². The molecule has 2 rings (SSSR count). The average molecular weight is 226 g/mol. The van der Waals surface area contributed by atoms with Crippen LogP contribution in [0.3, 0.4) is 0 Å². The van der Waals surface area contributed by atoms with Gasteiger partial charge < -0.3 is 4.74 Å². The molecule has 0 saturated carbocycles. The van der Waals surface area contributed by atoms with Crippen molar-refractivity contribution in [1.82, 2.24) is 0 Å². The molecule has 1 heterocycles. The number of rotatable bonds is 2. The fraction of sp³-hybridized carbons (Fsp3) is 0.417. The van der Waals surface area contributed by atoms with Crippen molar-refractivity contribution in [1.29, 1.82) is 0 Å². The molecule has 86 valence electrons. The lowest BCUT2D eigenvalue weighted by Gasteiger charge is -2.13. The van der Waals surface area contributed by atoms with E-state index in [-0.39, 0.29) is 11.3 Å². The number of benzene rings is 1. The molecule has 0 N–H and O–H groups in total. The van der Waals surface area contributed by atoms with Crippen LogP contribution in [0.2, 0.25) is 0 Å². The number of ketones is 1. The quantitative estimate of drug-likeness (QED) is 0.774. The Kier molecular flexibility index (Phi) is 3.01. The first kappa shape index (κ1) is 11.2. The van der Waals surface area contributed by atoms with Crippen LogP contribution in [-0.2, 0) is 9.53 Å². The van der Waals surface area contributed by atoms with E-state index in [1.165, 1.54) is 12.1 Å².